The molecule has 4 rings (SSSR count). The average molecular weight is 393 g/mol. The van der Waals surface area contributed by atoms with Crippen LogP contribution in [0.25, 0.3) is 11.0 Å². The van der Waals surface area contributed by atoms with Crippen LogP contribution in [0.1, 0.15) is 47.4 Å². The van der Waals surface area contributed by atoms with Gasteiger partial charge in [-0.2, -0.15) is 0 Å². The molecule has 2 heterocycles. The van der Waals surface area contributed by atoms with E-state index in [0.717, 1.165) is 61.6 Å². The van der Waals surface area contributed by atoms with Crippen LogP contribution in [0.15, 0.2) is 42.5 Å². The van der Waals surface area contributed by atoms with Gasteiger partial charge in [-0.1, -0.05) is 12.1 Å². The highest BCUT2D eigenvalue weighted by molar-refractivity contribution is 5.92. The molecule has 0 spiro atoms. The van der Waals surface area contributed by atoms with Crippen LogP contribution in [-0.4, -0.2) is 45.7 Å². The summed E-state index contributed by atoms with van der Waals surface area (Å²) >= 11 is 0. The molecule has 152 valence electrons. The fourth-order valence-corrected chi connectivity index (χ4v) is 4.31. The van der Waals surface area contributed by atoms with E-state index < -0.39 is 5.97 Å². The Hall–Kier alpha value is -2.86. The highest BCUT2D eigenvalue weighted by atomic mass is 16.5. The minimum Gasteiger partial charge on any atom is -0.497 e. The zero-order valence-corrected chi connectivity index (χ0v) is 17.0. The van der Waals surface area contributed by atoms with E-state index in [1.165, 1.54) is 5.56 Å². The van der Waals surface area contributed by atoms with Gasteiger partial charge in [0.2, 0.25) is 0 Å². The average Bonchev–Trinajstić information content (AvgIpc) is 3.10. The summed E-state index contributed by atoms with van der Waals surface area (Å²) in [6, 6.07) is 13.6. The van der Waals surface area contributed by atoms with E-state index in [1.807, 2.05) is 12.1 Å². The zero-order valence-electron chi connectivity index (χ0n) is 17.0. The van der Waals surface area contributed by atoms with Gasteiger partial charge < -0.3 is 14.4 Å². The van der Waals surface area contributed by atoms with Crippen LogP contribution in [0.4, 0.5) is 0 Å². The molecule has 0 amide bonds. The van der Waals surface area contributed by atoms with Gasteiger partial charge in [-0.05, 0) is 74.7 Å². The van der Waals surface area contributed by atoms with Gasteiger partial charge in [-0.15, -0.1) is 0 Å². The Morgan fingerprint density at radius 2 is 2.00 bits per heavy atom. The molecule has 2 aromatic carbocycles. The third-order valence-corrected chi connectivity index (χ3v) is 5.91. The smallest absolute Gasteiger partial charge is 0.335 e. The Morgan fingerprint density at radius 1 is 1.21 bits per heavy atom. The van der Waals surface area contributed by atoms with Gasteiger partial charge in [0.1, 0.15) is 11.6 Å². The number of hydrogen-bond donors (Lipinski definition) is 1. The van der Waals surface area contributed by atoms with Crippen molar-refractivity contribution in [2.75, 3.05) is 20.2 Å². The number of aromatic nitrogens is 2. The van der Waals surface area contributed by atoms with Crippen LogP contribution in [0.3, 0.4) is 0 Å². The second kappa shape index (κ2) is 8.25. The molecule has 6 heteroatoms. The Bertz CT molecular complexity index is 1020. The molecular weight excluding hydrogens is 366 g/mol. The molecule has 1 aliphatic heterocycles. The maximum atomic E-state index is 11.3. The lowest BCUT2D eigenvalue weighted by Crippen LogP contribution is -2.33. The lowest BCUT2D eigenvalue weighted by Gasteiger charge is -2.32. The van der Waals surface area contributed by atoms with Crippen molar-refractivity contribution in [3.63, 3.8) is 0 Å². The number of nitrogens with zero attached hydrogens (tertiary/aromatic N) is 3. The number of rotatable bonds is 6. The number of piperidine rings is 1. The molecule has 0 saturated carbocycles. The fraction of sp³-hybridized carbons (Fsp3) is 0.391. The number of likely N-dealkylation sites (tertiary alicyclic amines) is 1. The van der Waals surface area contributed by atoms with E-state index in [0.29, 0.717) is 5.92 Å². The van der Waals surface area contributed by atoms with Gasteiger partial charge in [0.15, 0.2) is 0 Å². The van der Waals surface area contributed by atoms with Crippen molar-refractivity contribution in [3.05, 3.63) is 59.4 Å². The first-order chi connectivity index (χ1) is 14.1. The number of fused-ring (bicyclic) bond motifs is 1. The van der Waals surface area contributed by atoms with Crippen LogP contribution in [0, 0.1) is 0 Å². The van der Waals surface area contributed by atoms with Crippen molar-refractivity contribution in [1.82, 2.24) is 14.5 Å². The van der Waals surface area contributed by atoms with Crippen molar-refractivity contribution < 1.29 is 14.6 Å². The van der Waals surface area contributed by atoms with Gasteiger partial charge >= 0.3 is 5.97 Å². The van der Waals surface area contributed by atoms with Crippen molar-refractivity contribution in [2.24, 2.45) is 0 Å². The van der Waals surface area contributed by atoms with E-state index in [1.54, 1.807) is 19.2 Å². The molecule has 1 saturated heterocycles. The molecule has 0 bridgehead atoms. The number of aromatic carboxylic acids is 1. The number of ether oxygens (including phenoxy) is 1. The summed E-state index contributed by atoms with van der Waals surface area (Å²) in [5.74, 6) is 1.57. The second-order valence-electron chi connectivity index (χ2n) is 7.61. The van der Waals surface area contributed by atoms with Gasteiger partial charge in [-0.25, -0.2) is 9.78 Å². The Labute approximate surface area is 170 Å². The minimum atomic E-state index is -0.917. The Morgan fingerprint density at radius 3 is 2.69 bits per heavy atom. The molecule has 0 radical (unpaired) electrons. The monoisotopic (exact) mass is 393 g/mol. The summed E-state index contributed by atoms with van der Waals surface area (Å²) in [7, 11) is 1.71. The van der Waals surface area contributed by atoms with E-state index in [9.17, 15) is 9.90 Å². The van der Waals surface area contributed by atoms with E-state index in [2.05, 4.69) is 34.6 Å². The lowest BCUT2D eigenvalue weighted by molar-refractivity contribution is 0.0697. The molecule has 0 atom stereocenters. The largest absolute Gasteiger partial charge is 0.497 e. The lowest BCUT2D eigenvalue weighted by atomic mass is 9.89. The normalized spacial score (nSPS) is 15.7. The molecule has 1 aliphatic rings. The van der Waals surface area contributed by atoms with Crippen molar-refractivity contribution in [1.29, 1.82) is 0 Å². The maximum absolute atomic E-state index is 11.3. The predicted octanol–water partition coefficient (Wildman–Crippen LogP) is 4.14. The summed E-state index contributed by atoms with van der Waals surface area (Å²) in [6.07, 6.45) is 2.23. The van der Waals surface area contributed by atoms with Crippen LogP contribution < -0.4 is 4.74 Å². The minimum absolute atomic E-state index is 0.281. The molecule has 0 aliphatic carbocycles. The van der Waals surface area contributed by atoms with E-state index >= 15 is 0 Å². The number of carbonyl (C=O) groups is 1. The van der Waals surface area contributed by atoms with Crippen molar-refractivity contribution >= 4 is 17.0 Å². The first-order valence-corrected chi connectivity index (χ1v) is 10.2. The highest BCUT2D eigenvalue weighted by Gasteiger charge is 2.23. The number of methoxy groups -OCH3 is 1. The summed E-state index contributed by atoms with van der Waals surface area (Å²) < 4.78 is 7.55. The SMILES string of the molecule is CCn1c(CN2CCC(c3cccc(OC)c3)CC2)nc2cc(C(=O)O)ccc21. The predicted molar refractivity (Wildman–Crippen MR) is 113 cm³/mol. The molecular formula is C23H27N3O3. The number of carboxylic acids is 1. The third kappa shape index (κ3) is 3.98. The number of hydrogen-bond acceptors (Lipinski definition) is 4. The van der Waals surface area contributed by atoms with Gasteiger partial charge in [0.05, 0.1) is 30.3 Å². The van der Waals surface area contributed by atoms with Crippen LogP contribution in [-0.2, 0) is 13.1 Å². The molecule has 1 aromatic heterocycles. The molecule has 1 fully saturated rings. The first-order valence-electron chi connectivity index (χ1n) is 10.2. The molecule has 3 aromatic rings. The topological polar surface area (TPSA) is 67.6 Å². The second-order valence-corrected chi connectivity index (χ2v) is 7.61. The first kappa shape index (κ1) is 19.5. The van der Waals surface area contributed by atoms with E-state index in [-0.39, 0.29) is 5.56 Å². The number of carboxylic acid groups (broad SMARTS) is 1. The zero-order chi connectivity index (χ0) is 20.4. The summed E-state index contributed by atoms with van der Waals surface area (Å²) in [5, 5.41) is 9.24. The van der Waals surface area contributed by atoms with Crippen molar-refractivity contribution in [3.8, 4) is 5.75 Å². The summed E-state index contributed by atoms with van der Waals surface area (Å²) in [5.41, 5.74) is 3.39. The fourth-order valence-electron chi connectivity index (χ4n) is 4.31. The van der Waals surface area contributed by atoms with Crippen LogP contribution >= 0.6 is 0 Å². The molecule has 0 unspecified atom stereocenters. The maximum Gasteiger partial charge on any atom is 0.335 e. The molecule has 1 N–H and O–H groups in total. The number of aryl methyl sites for hydroxylation is 1. The van der Waals surface area contributed by atoms with Crippen molar-refractivity contribution in [2.45, 2.75) is 38.8 Å². The van der Waals surface area contributed by atoms with Gasteiger partial charge in [-0.3, -0.25) is 4.90 Å². The highest BCUT2D eigenvalue weighted by Crippen LogP contribution is 2.31. The standard InChI is InChI=1S/C23H27N3O3/c1-3-26-21-8-7-18(23(27)28)14-20(21)24-22(26)15-25-11-9-16(10-12-25)17-5-4-6-19(13-17)29-2/h4-8,13-14,16H,3,9-12,15H2,1-2H3,(H,27,28). The van der Waals surface area contributed by atoms with Gasteiger partial charge in [0.25, 0.3) is 0 Å². The van der Waals surface area contributed by atoms with E-state index in [4.69, 9.17) is 9.72 Å². The van der Waals surface area contributed by atoms with Crippen LogP contribution in [0.5, 0.6) is 5.75 Å². The Kier molecular flexibility index (Phi) is 5.53. The Balaban J connectivity index is 1.47. The van der Waals surface area contributed by atoms with Crippen LogP contribution in [0.2, 0.25) is 0 Å². The quantitative estimate of drug-likeness (QED) is 0.682. The molecule has 29 heavy (non-hydrogen) atoms. The third-order valence-electron chi connectivity index (χ3n) is 5.91. The number of imidazole rings is 1. The number of benzene rings is 2. The summed E-state index contributed by atoms with van der Waals surface area (Å²) in [6.45, 7) is 5.75. The molecule has 6 nitrogen and oxygen atoms in total. The summed E-state index contributed by atoms with van der Waals surface area (Å²) in [4.78, 5) is 18.5. The van der Waals surface area contributed by atoms with Gasteiger partial charge in [0, 0.05) is 6.54 Å².